The molecular formula is C26H27ClN2O5S. The number of nitrogens with zero attached hydrogens (tertiary/aromatic N) is 2. The number of rotatable bonds is 11. The smallest absolute Gasteiger partial charge is 0.254 e. The van der Waals surface area contributed by atoms with Crippen LogP contribution in [-0.2, 0) is 22.6 Å². The molecule has 0 aliphatic carbocycles. The first-order chi connectivity index (χ1) is 17.0. The topological polar surface area (TPSA) is 68.3 Å². The van der Waals surface area contributed by atoms with Gasteiger partial charge in [0.1, 0.15) is 6.54 Å². The highest BCUT2D eigenvalue weighted by atomic mass is 35.5. The van der Waals surface area contributed by atoms with Crippen LogP contribution in [0.2, 0.25) is 5.02 Å². The number of methoxy groups -OCH3 is 1. The maximum absolute atomic E-state index is 13.6. The van der Waals surface area contributed by atoms with Crippen molar-refractivity contribution >= 4 is 34.8 Å². The molecule has 0 spiro atoms. The maximum Gasteiger partial charge on any atom is 0.254 e. The first-order valence-electron chi connectivity index (χ1n) is 11.3. The van der Waals surface area contributed by atoms with Gasteiger partial charge in [-0.3, -0.25) is 9.59 Å². The predicted molar refractivity (Wildman–Crippen MR) is 135 cm³/mol. The second-order valence-corrected chi connectivity index (χ2v) is 9.57. The third-order valence-electron chi connectivity index (χ3n) is 5.55. The van der Waals surface area contributed by atoms with Gasteiger partial charge in [-0.05, 0) is 53.8 Å². The quantitative estimate of drug-likeness (QED) is 0.343. The Morgan fingerprint density at radius 2 is 1.89 bits per heavy atom. The van der Waals surface area contributed by atoms with Crippen molar-refractivity contribution < 1.29 is 23.8 Å². The Balaban J connectivity index is 1.53. The van der Waals surface area contributed by atoms with E-state index in [1.165, 1.54) is 0 Å². The lowest BCUT2D eigenvalue weighted by atomic mass is 10.1. The van der Waals surface area contributed by atoms with E-state index in [0.29, 0.717) is 54.7 Å². The van der Waals surface area contributed by atoms with Crippen molar-refractivity contribution in [2.45, 2.75) is 19.5 Å². The van der Waals surface area contributed by atoms with Crippen LogP contribution in [0.15, 0.2) is 60.0 Å². The van der Waals surface area contributed by atoms with Crippen LogP contribution in [0, 0.1) is 0 Å². The van der Waals surface area contributed by atoms with E-state index in [0.717, 1.165) is 10.4 Å². The molecule has 0 fully saturated rings. The second kappa shape index (κ2) is 12.1. The molecule has 1 aliphatic rings. The molecule has 7 nitrogen and oxygen atoms in total. The van der Waals surface area contributed by atoms with Gasteiger partial charge in [0.15, 0.2) is 11.5 Å². The highest BCUT2D eigenvalue weighted by Crippen LogP contribution is 2.33. The molecule has 35 heavy (non-hydrogen) atoms. The van der Waals surface area contributed by atoms with Crippen LogP contribution in [0.25, 0.3) is 0 Å². The molecular weight excluding hydrogens is 488 g/mol. The average Bonchev–Trinajstić information content (AvgIpc) is 3.54. The summed E-state index contributed by atoms with van der Waals surface area (Å²) in [5.41, 5.74) is 1.37. The van der Waals surface area contributed by atoms with E-state index in [1.807, 2.05) is 35.7 Å². The first kappa shape index (κ1) is 25.0. The van der Waals surface area contributed by atoms with Crippen molar-refractivity contribution in [2.24, 2.45) is 0 Å². The fourth-order valence-corrected chi connectivity index (χ4v) is 4.71. The Morgan fingerprint density at radius 3 is 2.66 bits per heavy atom. The zero-order valence-electron chi connectivity index (χ0n) is 19.4. The summed E-state index contributed by atoms with van der Waals surface area (Å²) in [4.78, 5) is 31.2. The molecule has 184 valence electrons. The number of thiophene rings is 1. The molecule has 9 heteroatoms. The van der Waals surface area contributed by atoms with Crippen LogP contribution in [0.4, 0.5) is 0 Å². The second-order valence-electron chi connectivity index (χ2n) is 8.10. The summed E-state index contributed by atoms with van der Waals surface area (Å²) in [5, 5.41) is 2.46. The van der Waals surface area contributed by atoms with Crippen molar-refractivity contribution in [2.75, 3.05) is 33.6 Å². The van der Waals surface area contributed by atoms with Crippen molar-refractivity contribution in [3.63, 3.8) is 0 Å². The van der Waals surface area contributed by atoms with Gasteiger partial charge in [-0.2, -0.15) is 0 Å². The Morgan fingerprint density at radius 1 is 1.03 bits per heavy atom. The van der Waals surface area contributed by atoms with E-state index < -0.39 is 0 Å². The molecule has 2 aromatic carbocycles. The third kappa shape index (κ3) is 6.75. The molecule has 0 bridgehead atoms. The summed E-state index contributed by atoms with van der Waals surface area (Å²) < 4.78 is 16.1. The summed E-state index contributed by atoms with van der Waals surface area (Å²) >= 11 is 7.69. The van der Waals surface area contributed by atoms with Gasteiger partial charge in [-0.25, -0.2) is 0 Å². The standard InChI is InChI=1S/C26H27ClN2O5S/c1-32-11-4-10-28(26(31)20-5-2-6-21(27)14-20)17-25(30)29(16-22-7-3-12-35-22)15-19-8-9-23-24(13-19)34-18-33-23/h2-3,5-9,12-14H,4,10-11,15-18H2,1H3. The van der Waals surface area contributed by atoms with E-state index in [9.17, 15) is 9.59 Å². The predicted octanol–water partition coefficient (Wildman–Crippen LogP) is 4.84. The molecule has 0 atom stereocenters. The van der Waals surface area contributed by atoms with Gasteiger partial charge in [0.25, 0.3) is 5.91 Å². The molecule has 0 radical (unpaired) electrons. The summed E-state index contributed by atoms with van der Waals surface area (Å²) in [6.45, 7) is 1.85. The van der Waals surface area contributed by atoms with Gasteiger partial charge < -0.3 is 24.0 Å². The first-order valence-corrected chi connectivity index (χ1v) is 12.5. The van der Waals surface area contributed by atoms with Crippen molar-refractivity contribution in [3.8, 4) is 11.5 Å². The fraction of sp³-hybridized carbons (Fsp3) is 0.308. The molecule has 4 rings (SSSR count). The minimum absolute atomic E-state index is 0.0506. The van der Waals surface area contributed by atoms with E-state index >= 15 is 0 Å². The molecule has 1 aliphatic heterocycles. The fourth-order valence-electron chi connectivity index (χ4n) is 3.80. The number of amides is 2. The summed E-state index contributed by atoms with van der Waals surface area (Å²) in [6, 6.07) is 16.4. The summed E-state index contributed by atoms with van der Waals surface area (Å²) in [7, 11) is 1.61. The number of hydrogen-bond donors (Lipinski definition) is 0. The Kier molecular flexibility index (Phi) is 8.63. The van der Waals surface area contributed by atoms with Crippen LogP contribution < -0.4 is 9.47 Å². The number of carbonyl (C=O) groups excluding carboxylic acids is 2. The van der Waals surface area contributed by atoms with E-state index in [2.05, 4.69) is 0 Å². The van der Waals surface area contributed by atoms with E-state index in [1.54, 1.807) is 52.5 Å². The average molecular weight is 515 g/mol. The van der Waals surface area contributed by atoms with Crippen molar-refractivity contribution in [1.82, 2.24) is 9.80 Å². The maximum atomic E-state index is 13.6. The van der Waals surface area contributed by atoms with Crippen LogP contribution in [-0.4, -0.2) is 55.2 Å². The number of hydrogen-bond acceptors (Lipinski definition) is 6. The number of benzene rings is 2. The number of fused-ring (bicyclic) bond motifs is 1. The largest absolute Gasteiger partial charge is 0.454 e. The zero-order chi connectivity index (χ0) is 24.6. The minimum atomic E-state index is -0.240. The Hall–Kier alpha value is -3.07. The molecule has 0 N–H and O–H groups in total. The minimum Gasteiger partial charge on any atom is -0.454 e. The van der Waals surface area contributed by atoms with E-state index in [-0.39, 0.29) is 25.2 Å². The Bertz CT molecular complexity index is 1150. The molecule has 2 amide bonds. The van der Waals surface area contributed by atoms with Gasteiger partial charge in [-0.1, -0.05) is 29.8 Å². The van der Waals surface area contributed by atoms with Gasteiger partial charge in [0.05, 0.1) is 6.54 Å². The van der Waals surface area contributed by atoms with Crippen molar-refractivity contribution in [3.05, 3.63) is 81.0 Å². The third-order valence-corrected chi connectivity index (χ3v) is 6.65. The molecule has 2 heterocycles. The highest BCUT2D eigenvalue weighted by molar-refractivity contribution is 7.09. The van der Waals surface area contributed by atoms with Crippen LogP contribution in [0.5, 0.6) is 11.5 Å². The zero-order valence-corrected chi connectivity index (χ0v) is 21.0. The highest BCUT2D eigenvalue weighted by Gasteiger charge is 2.24. The van der Waals surface area contributed by atoms with Gasteiger partial charge in [-0.15, -0.1) is 11.3 Å². The normalized spacial score (nSPS) is 11.9. The van der Waals surface area contributed by atoms with Crippen LogP contribution >= 0.6 is 22.9 Å². The van der Waals surface area contributed by atoms with Gasteiger partial charge in [0, 0.05) is 42.3 Å². The molecule has 0 unspecified atom stereocenters. The molecule has 0 saturated heterocycles. The lowest BCUT2D eigenvalue weighted by molar-refractivity contribution is -0.133. The summed E-state index contributed by atoms with van der Waals surface area (Å²) in [6.07, 6.45) is 0.614. The monoisotopic (exact) mass is 514 g/mol. The SMILES string of the molecule is COCCCN(CC(=O)N(Cc1ccc2c(c1)OCO2)Cc1cccs1)C(=O)c1cccc(Cl)c1. The number of halogens is 1. The molecule has 3 aromatic rings. The van der Waals surface area contributed by atoms with Crippen LogP contribution in [0.1, 0.15) is 27.2 Å². The Labute approximate surface area is 213 Å². The number of carbonyl (C=O) groups is 2. The van der Waals surface area contributed by atoms with Gasteiger partial charge >= 0.3 is 0 Å². The molecule has 0 saturated carbocycles. The molecule has 1 aromatic heterocycles. The van der Waals surface area contributed by atoms with Crippen molar-refractivity contribution in [1.29, 1.82) is 0 Å². The lowest BCUT2D eigenvalue weighted by Crippen LogP contribution is -2.43. The van der Waals surface area contributed by atoms with E-state index in [4.69, 9.17) is 25.8 Å². The van der Waals surface area contributed by atoms with Gasteiger partial charge in [0.2, 0.25) is 12.7 Å². The summed E-state index contributed by atoms with van der Waals surface area (Å²) in [5.74, 6) is 0.977. The lowest BCUT2D eigenvalue weighted by Gasteiger charge is -2.28. The van der Waals surface area contributed by atoms with Crippen LogP contribution in [0.3, 0.4) is 0 Å². The number of ether oxygens (including phenoxy) is 3.